The Morgan fingerprint density at radius 2 is 1.73 bits per heavy atom. The van der Waals surface area contributed by atoms with Crippen LogP contribution in [0.1, 0.15) is 31.7 Å². The molecule has 3 rings (SSSR count). The smallest absolute Gasteiger partial charge is 0.230 e. The molecule has 1 saturated carbocycles. The molecule has 1 aliphatic carbocycles. The van der Waals surface area contributed by atoms with E-state index in [0.717, 1.165) is 23.4 Å². The first-order chi connectivity index (χ1) is 12.6. The Morgan fingerprint density at radius 1 is 1.04 bits per heavy atom. The molecule has 0 aromatic heterocycles. The number of carbonyl (C=O) groups is 2. The molecule has 2 aromatic rings. The average Bonchev–Trinajstić information content (AvgIpc) is 2.61. The molecule has 26 heavy (non-hydrogen) atoms. The Labute approximate surface area is 158 Å². The lowest BCUT2D eigenvalue weighted by molar-refractivity contribution is -0.119. The minimum atomic E-state index is -0.0897. The second-order valence-electron chi connectivity index (χ2n) is 6.77. The van der Waals surface area contributed by atoms with Crippen molar-refractivity contribution in [3.8, 4) is 0 Å². The number of benzene rings is 2. The van der Waals surface area contributed by atoms with E-state index in [2.05, 4.69) is 34.9 Å². The van der Waals surface area contributed by atoms with E-state index in [0.29, 0.717) is 12.3 Å². The minimum Gasteiger partial charge on any atom is -0.354 e. The van der Waals surface area contributed by atoms with Gasteiger partial charge in [0.15, 0.2) is 0 Å². The first kappa shape index (κ1) is 18.5. The molecule has 2 aromatic carbocycles. The van der Waals surface area contributed by atoms with Crippen molar-refractivity contribution in [1.29, 1.82) is 0 Å². The highest BCUT2D eigenvalue weighted by atomic mass is 32.2. The van der Waals surface area contributed by atoms with Crippen molar-refractivity contribution in [3.63, 3.8) is 0 Å². The first-order valence-electron chi connectivity index (χ1n) is 8.90. The normalized spacial score (nSPS) is 15.0. The van der Waals surface area contributed by atoms with Crippen LogP contribution in [0.5, 0.6) is 0 Å². The molecular formula is C21H24N2O2S. The van der Waals surface area contributed by atoms with E-state index < -0.39 is 0 Å². The van der Waals surface area contributed by atoms with Crippen LogP contribution in [0.3, 0.4) is 0 Å². The summed E-state index contributed by atoms with van der Waals surface area (Å²) in [6.45, 7) is 2.19. The van der Waals surface area contributed by atoms with Crippen molar-refractivity contribution >= 4 is 29.3 Å². The van der Waals surface area contributed by atoms with Crippen molar-refractivity contribution in [2.24, 2.45) is 0 Å². The van der Waals surface area contributed by atoms with E-state index in [1.165, 1.54) is 30.7 Å². The maximum absolute atomic E-state index is 12.3. The van der Waals surface area contributed by atoms with Crippen LogP contribution in [-0.2, 0) is 15.0 Å². The number of thioether (sulfide) groups is 1. The quantitative estimate of drug-likeness (QED) is 0.727. The van der Waals surface area contributed by atoms with Crippen molar-refractivity contribution < 1.29 is 9.59 Å². The van der Waals surface area contributed by atoms with Gasteiger partial charge >= 0.3 is 0 Å². The summed E-state index contributed by atoms with van der Waals surface area (Å²) in [7, 11) is 0. The van der Waals surface area contributed by atoms with Crippen molar-refractivity contribution in [3.05, 3.63) is 60.2 Å². The van der Waals surface area contributed by atoms with Gasteiger partial charge in [-0.2, -0.15) is 0 Å². The third kappa shape index (κ3) is 4.67. The van der Waals surface area contributed by atoms with E-state index in [9.17, 15) is 9.59 Å². The van der Waals surface area contributed by atoms with Crippen LogP contribution < -0.4 is 10.6 Å². The van der Waals surface area contributed by atoms with E-state index in [1.807, 2.05) is 30.3 Å². The molecule has 0 spiro atoms. The molecule has 2 amide bonds. The summed E-state index contributed by atoms with van der Waals surface area (Å²) in [5, 5.41) is 5.85. The maximum atomic E-state index is 12.3. The van der Waals surface area contributed by atoms with Crippen LogP contribution in [0.4, 0.5) is 5.69 Å². The molecular weight excluding hydrogens is 344 g/mol. The molecule has 0 bridgehead atoms. The zero-order valence-electron chi connectivity index (χ0n) is 15.0. The summed E-state index contributed by atoms with van der Waals surface area (Å²) in [4.78, 5) is 24.3. The summed E-state index contributed by atoms with van der Waals surface area (Å²) >= 11 is 1.50. The van der Waals surface area contributed by atoms with Gasteiger partial charge in [0, 0.05) is 29.5 Å². The van der Waals surface area contributed by atoms with Crippen LogP contribution in [0.15, 0.2) is 59.5 Å². The predicted molar refractivity (Wildman–Crippen MR) is 106 cm³/mol. The van der Waals surface area contributed by atoms with Crippen LogP contribution in [0.2, 0.25) is 0 Å². The number of anilines is 1. The van der Waals surface area contributed by atoms with Gasteiger partial charge in [-0.3, -0.25) is 9.59 Å². The number of hydrogen-bond acceptors (Lipinski definition) is 3. The molecule has 0 atom stereocenters. The van der Waals surface area contributed by atoms with Crippen LogP contribution >= 0.6 is 11.8 Å². The third-order valence-corrected chi connectivity index (χ3v) is 5.88. The largest absolute Gasteiger partial charge is 0.354 e. The molecule has 5 heteroatoms. The number of rotatable bonds is 7. The first-order valence-corrected chi connectivity index (χ1v) is 9.89. The van der Waals surface area contributed by atoms with Gasteiger partial charge in [-0.1, -0.05) is 36.8 Å². The standard InChI is InChI=1S/C21H24N2O2S/c1-16(24)23-18-8-10-19(11-9-18)26-14-20(25)22-15-21(12-5-13-21)17-6-3-2-4-7-17/h2-4,6-11H,5,12-15H2,1H3,(H,22,25)(H,23,24). The van der Waals surface area contributed by atoms with E-state index in [-0.39, 0.29) is 17.2 Å². The number of carbonyl (C=O) groups excluding carboxylic acids is 2. The number of hydrogen-bond donors (Lipinski definition) is 2. The Bertz CT molecular complexity index is 755. The lowest BCUT2D eigenvalue weighted by Crippen LogP contribution is -2.46. The van der Waals surface area contributed by atoms with E-state index >= 15 is 0 Å². The van der Waals surface area contributed by atoms with Gasteiger partial charge in [-0.25, -0.2) is 0 Å². The zero-order valence-corrected chi connectivity index (χ0v) is 15.8. The van der Waals surface area contributed by atoms with Gasteiger partial charge in [0.25, 0.3) is 0 Å². The molecule has 136 valence electrons. The molecule has 0 heterocycles. The Kier molecular flexibility index (Phi) is 5.99. The van der Waals surface area contributed by atoms with Gasteiger partial charge in [-0.05, 0) is 42.7 Å². The summed E-state index contributed by atoms with van der Waals surface area (Å²) in [6, 6.07) is 18.0. The summed E-state index contributed by atoms with van der Waals surface area (Å²) in [5.41, 5.74) is 2.20. The molecule has 1 fully saturated rings. The van der Waals surface area contributed by atoms with Gasteiger partial charge < -0.3 is 10.6 Å². The second kappa shape index (κ2) is 8.41. The number of nitrogens with one attached hydrogen (secondary N) is 2. The van der Waals surface area contributed by atoms with Crippen molar-refractivity contribution in [2.75, 3.05) is 17.6 Å². The molecule has 0 saturated heterocycles. The molecule has 2 N–H and O–H groups in total. The van der Waals surface area contributed by atoms with Gasteiger partial charge in [-0.15, -0.1) is 11.8 Å². The highest BCUT2D eigenvalue weighted by Gasteiger charge is 2.38. The van der Waals surface area contributed by atoms with Crippen LogP contribution in [0.25, 0.3) is 0 Å². The summed E-state index contributed by atoms with van der Waals surface area (Å²) in [6.07, 6.45) is 3.49. The molecule has 0 unspecified atom stereocenters. The monoisotopic (exact) mass is 368 g/mol. The average molecular weight is 369 g/mol. The van der Waals surface area contributed by atoms with E-state index in [1.54, 1.807) is 0 Å². The predicted octanol–water partition coefficient (Wildman–Crippen LogP) is 3.98. The molecule has 0 aliphatic heterocycles. The second-order valence-corrected chi connectivity index (χ2v) is 7.82. The third-order valence-electron chi connectivity index (χ3n) is 4.87. The van der Waals surface area contributed by atoms with Gasteiger partial charge in [0.1, 0.15) is 0 Å². The fourth-order valence-corrected chi connectivity index (χ4v) is 4.00. The summed E-state index contributed by atoms with van der Waals surface area (Å²) in [5.74, 6) is 0.362. The van der Waals surface area contributed by atoms with Crippen LogP contribution in [-0.4, -0.2) is 24.1 Å². The maximum Gasteiger partial charge on any atom is 0.230 e. The number of amides is 2. The van der Waals surface area contributed by atoms with Gasteiger partial charge in [0.05, 0.1) is 5.75 Å². The zero-order chi connectivity index (χ0) is 18.4. The summed E-state index contributed by atoms with van der Waals surface area (Å²) < 4.78 is 0. The SMILES string of the molecule is CC(=O)Nc1ccc(SCC(=O)NCC2(c3ccccc3)CCC2)cc1. The Balaban J connectivity index is 1.48. The van der Waals surface area contributed by atoms with Gasteiger partial charge in [0.2, 0.25) is 11.8 Å². The van der Waals surface area contributed by atoms with Crippen LogP contribution in [0, 0.1) is 0 Å². The minimum absolute atomic E-state index is 0.0585. The fraction of sp³-hybridized carbons (Fsp3) is 0.333. The molecule has 1 aliphatic rings. The highest BCUT2D eigenvalue weighted by Crippen LogP contribution is 2.43. The van der Waals surface area contributed by atoms with Crippen molar-refractivity contribution in [1.82, 2.24) is 5.32 Å². The highest BCUT2D eigenvalue weighted by molar-refractivity contribution is 8.00. The fourth-order valence-electron chi connectivity index (χ4n) is 3.27. The lowest BCUT2D eigenvalue weighted by Gasteiger charge is -2.42. The Morgan fingerprint density at radius 3 is 2.31 bits per heavy atom. The molecule has 4 nitrogen and oxygen atoms in total. The lowest BCUT2D eigenvalue weighted by atomic mass is 9.64. The Hall–Kier alpha value is -2.27. The molecule has 0 radical (unpaired) electrons. The van der Waals surface area contributed by atoms with E-state index in [4.69, 9.17) is 0 Å². The topological polar surface area (TPSA) is 58.2 Å². The van der Waals surface area contributed by atoms with Crippen molar-refractivity contribution in [2.45, 2.75) is 36.5 Å².